The maximum Gasteiger partial charge on any atom is 0.187 e. The Morgan fingerprint density at radius 1 is 1.00 bits per heavy atom. The van der Waals surface area contributed by atoms with Gasteiger partial charge >= 0.3 is 0 Å². The zero-order valence-corrected chi connectivity index (χ0v) is 19.3. The summed E-state index contributed by atoms with van der Waals surface area (Å²) in [7, 11) is 4.59. The number of hydrogen-bond donors (Lipinski definition) is 1. The van der Waals surface area contributed by atoms with Crippen LogP contribution in [0.3, 0.4) is 0 Å². The minimum atomic E-state index is -1.84. The molecular formula is C27H26O7. The minimum absolute atomic E-state index is 0.0317. The third kappa shape index (κ3) is 4.16. The molecule has 7 heteroatoms. The molecule has 1 aliphatic carbocycles. The molecule has 34 heavy (non-hydrogen) atoms. The average Bonchev–Trinajstić information content (AvgIpc) is 3.39. The molecule has 2 aliphatic rings. The van der Waals surface area contributed by atoms with Crippen molar-refractivity contribution in [1.82, 2.24) is 0 Å². The number of aliphatic hydroxyl groups is 1. The van der Waals surface area contributed by atoms with Crippen molar-refractivity contribution in [1.29, 1.82) is 0 Å². The Labute approximate surface area is 197 Å². The van der Waals surface area contributed by atoms with Gasteiger partial charge in [0.25, 0.3) is 0 Å². The van der Waals surface area contributed by atoms with Crippen LogP contribution in [0.1, 0.15) is 17.5 Å². The largest absolute Gasteiger partial charge is 0.497 e. The Bertz CT molecular complexity index is 1180. The van der Waals surface area contributed by atoms with Gasteiger partial charge in [-0.25, -0.2) is 0 Å². The van der Waals surface area contributed by atoms with Gasteiger partial charge in [0.1, 0.15) is 29.1 Å². The molecule has 2 aromatic rings. The van der Waals surface area contributed by atoms with Crippen LogP contribution in [-0.2, 0) is 19.9 Å². The fourth-order valence-electron chi connectivity index (χ4n) is 4.37. The maximum atomic E-state index is 13.4. The Morgan fingerprint density at radius 3 is 2.18 bits per heavy atom. The number of allylic oxidation sites excluding steroid dienone is 2. The second-order valence-corrected chi connectivity index (χ2v) is 8.03. The van der Waals surface area contributed by atoms with Crippen LogP contribution in [0.2, 0.25) is 0 Å². The number of carbonyl (C=O) groups is 2. The average molecular weight is 462 g/mol. The van der Waals surface area contributed by atoms with Gasteiger partial charge in [-0.1, -0.05) is 18.2 Å². The van der Waals surface area contributed by atoms with Crippen molar-refractivity contribution in [3.63, 3.8) is 0 Å². The summed E-state index contributed by atoms with van der Waals surface area (Å²) in [4.78, 5) is 25.5. The number of hydrogen-bond acceptors (Lipinski definition) is 7. The predicted octanol–water partition coefficient (Wildman–Crippen LogP) is 3.41. The molecule has 1 aliphatic heterocycles. The smallest absolute Gasteiger partial charge is 0.187 e. The number of methoxy groups -OCH3 is 3. The second kappa shape index (κ2) is 9.67. The van der Waals surface area contributed by atoms with E-state index < -0.39 is 5.60 Å². The van der Waals surface area contributed by atoms with E-state index in [1.807, 2.05) is 6.08 Å². The van der Waals surface area contributed by atoms with Crippen LogP contribution in [0.5, 0.6) is 17.2 Å². The standard InChI is InChI=1S/C27H26O7/c1-31-21-6-4-19(5-7-21)27(30)20(15-28)13-25(29)26(24(27)10-17-8-9-34-16-17)18-11-22(32-2)14-23(12-18)33-3/h4-8,11-15,30H,9-10,16H2,1-3H3. The lowest BCUT2D eigenvalue weighted by atomic mass is 9.70. The highest BCUT2D eigenvalue weighted by atomic mass is 16.5. The number of ether oxygens (including phenoxy) is 4. The fraction of sp³-hybridized carbons (Fsp3) is 0.259. The highest BCUT2D eigenvalue weighted by molar-refractivity contribution is 6.30. The van der Waals surface area contributed by atoms with E-state index >= 15 is 0 Å². The first-order valence-corrected chi connectivity index (χ1v) is 10.8. The summed E-state index contributed by atoms with van der Waals surface area (Å²) in [6, 6.07) is 11.9. The topological polar surface area (TPSA) is 91.3 Å². The molecule has 7 nitrogen and oxygen atoms in total. The molecule has 176 valence electrons. The lowest BCUT2D eigenvalue weighted by molar-refractivity contribution is -0.111. The van der Waals surface area contributed by atoms with Gasteiger partial charge in [-0.05, 0) is 59.0 Å². The van der Waals surface area contributed by atoms with Gasteiger partial charge in [-0.15, -0.1) is 0 Å². The van der Waals surface area contributed by atoms with Gasteiger partial charge in [0.05, 0.1) is 34.5 Å². The summed E-state index contributed by atoms with van der Waals surface area (Å²) in [6.45, 7) is 0.835. The molecule has 0 radical (unpaired) electrons. The van der Waals surface area contributed by atoms with E-state index in [0.717, 1.165) is 5.57 Å². The van der Waals surface area contributed by atoms with E-state index in [1.165, 1.54) is 20.3 Å². The van der Waals surface area contributed by atoms with Crippen LogP contribution in [0.4, 0.5) is 0 Å². The van der Waals surface area contributed by atoms with Crippen molar-refractivity contribution >= 4 is 17.6 Å². The van der Waals surface area contributed by atoms with Crippen molar-refractivity contribution in [2.24, 2.45) is 0 Å². The molecule has 2 aromatic carbocycles. The van der Waals surface area contributed by atoms with E-state index in [4.69, 9.17) is 18.9 Å². The van der Waals surface area contributed by atoms with Gasteiger partial charge in [0.15, 0.2) is 5.78 Å². The number of benzene rings is 2. The van der Waals surface area contributed by atoms with E-state index in [9.17, 15) is 14.7 Å². The zero-order valence-electron chi connectivity index (χ0n) is 19.3. The Balaban J connectivity index is 2.01. The summed E-state index contributed by atoms with van der Waals surface area (Å²) in [5.74, 6) is 1.21. The molecule has 4 rings (SSSR count). The zero-order chi connectivity index (χ0) is 24.3. The summed E-state index contributed by atoms with van der Waals surface area (Å²) >= 11 is 0. The molecule has 0 saturated carbocycles. The van der Waals surface area contributed by atoms with Crippen LogP contribution in [0.25, 0.3) is 5.57 Å². The van der Waals surface area contributed by atoms with Crippen molar-refractivity contribution in [2.75, 3.05) is 34.5 Å². The molecular weight excluding hydrogens is 436 g/mol. The predicted molar refractivity (Wildman–Crippen MR) is 126 cm³/mol. The van der Waals surface area contributed by atoms with Crippen LogP contribution in [0.15, 0.2) is 71.3 Å². The van der Waals surface area contributed by atoms with Crippen LogP contribution in [-0.4, -0.2) is 51.7 Å². The number of carbonyl (C=O) groups excluding carboxylic acids is 2. The quantitative estimate of drug-likeness (QED) is 0.475. The van der Waals surface area contributed by atoms with E-state index in [2.05, 4.69) is 0 Å². The van der Waals surface area contributed by atoms with Crippen molar-refractivity contribution in [3.05, 3.63) is 82.5 Å². The van der Waals surface area contributed by atoms with E-state index in [1.54, 1.807) is 49.6 Å². The SMILES string of the molecule is COc1ccc(C2(O)C(C=O)=CC(=O)C(c3cc(OC)cc(OC)c3)=C2CC2=CCOC2)cc1. The van der Waals surface area contributed by atoms with Crippen LogP contribution >= 0.6 is 0 Å². The molecule has 0 bridgehead atoms. The van der Waals surface area contributed by atoms with Crippen molar-refractivity contribution < 1.29 is 33.6 Å². The van der Waals surface area contributed by atoms with Crippen molar-refractivity contribution in [2.45, 2.75) is 12.0 Å². The maximum absolute atomic E-state index is 13.4. The molecule has 0 saturated heterocycles. The third-order valence-corrected chi connectivity index (χ3v) is 6.15. The first-order valence-electron chi connectivity index (χ1n) is 10.8. The summed E-state index contributed by atoms with van der Waals surface area (Å²) in [5.41, 5.74) is 0.681. The molecule has 0 spiro atoms. The van der Waals surface area contributed by atoms with Gasteiger partial charge in [-0.2, -0.15) is 0 Å². The van der Waals surface area contributed by atoms with Gasteiger partial charge in [-0.3, -0.25) is 9.59 Å². The van der Waals surface area contributed by atoms with Crippen molar-refractivity contribution in [3.8, 4) is 17.2 Å². The van der Waals surface area contributed by atoms with Gasteiger partial charge in [0, 0.05) is 17.2 Å². The number of aldehydes is 1. The molecule has 1 unspecified atom stereocenters. The van der Waals surface area contributed by atoms with Crippen LogP contribution < -0.4 is 14.2 Å². The molecule has 0 fully saturated rings. The monoisotopic (exact) mass is 462 g/mol. The molecule has 0 aromatic heterocycles. The minimum Gasteiger partial charge on any atom is -0.497 e. The number of rotatable bonds is 8. The van der Waals surface area contributed by atoms with Gasteiger partial charge < -0.3 is 24.1 Å². The Hall–Kier alpha value is -3.68. The third-order valence-electron chi connectivity index (χ3n) is 6.15. The van der Waals surface area contributed by atoms with E-state index in [0.29, 0.717) is 53.4 Å². The second-order valence-electron chi connectivity index (χ2n) is 8.03. The van der Waals surface area contributed by atoms with Crippen LogP contribution in [0, 0.1) is 0 Å². The van der Waals surface area contributed by atoms with Gasteiger partial charge in [0.2, 0.25) is 0 Å². The lowest BCUT2D eigenvalue weighted by Gasteiger charge is -2.37. The normalized spacial score (nSPS) is 20.1. The summed E-state index contributed by atoms with van der Waals surface area (Å²) in [6.07, 6.45) is 3.90. The Morgan fingerprint density at radius 2 is 1.65 bits per heavy atom. The fourth-order valence-corrected chi connectivity index (χ4v) is 4.37. The molecule has 1 N–H and O–H groups in total. The molecule has 1 heterocycles. The molecule has 0 amide bonds. The van der Waals surface area contributed by atoms with E-state index in [-0.39, 0.29) is 23.4 Å². The highest BCUT2D eigenvalue weighted by Crippen LogP contribution is 2.47. The Kier molecular flexibility index (Phi) is 6.68. The summed E-state index contributed by atoms with van der Waals surface area (Å²) in [5, 5.41) is 12.2. The molecule has 1 atom stereocenters. The lowest BCUT2D eigenvalue weighted by Crippen LogP contribution is -2.37. The highest BCUT2D eigenvalue weighted by Gasteiger charge is 2.44. The number of ketones is 1. The summed E-state index contributed by atoms with van der Waals surface area (Å²) < 4.78 is 21.5. The first-order chi connectivity index (χ1) is 16.4. The first kappa shape index (κ1) is 23.5.